The molecule has 0 aliphatic carbocycles. The Hall–Kier alpha value is -0.170. The van der Waals surface area contributed by atoms with Gasteiger partial charge in [0.05, 0.1) is 5.75 Å². The van der Waals surface area contributed by atoms with Crippen LogP contribution in [-0.2, 0) is 14.9 Å². The van der Waals surface area contributed by atoms with Gasteiger partial charge in [0.15, 0.2) is 0 Å². The van der Waals surface area contributed by atoms with Gasteiger partial charge in [-0.3, -0.25) is 4.55 Å². The fraction of sp³-hybridized carbons (Fsp3) is 1.00. The zero-order chi connectivity index (χ0) is 8.20. The Morgan fingerprint density at radius 1 is 1.70 bits per heavy atom. The van der Waals surface area contributed by atoms with Crippen molar-refractivity contribution < 1.29 is 17.7 Å². The van der Waals surface area contributed by atoms with Crippen molar-refractivity contribution in [3.8, 4) is 0 Å². The molecule has 5 nitrogen and oxygen atoms in total. The van der Waals surface area contributed by atoms with Gasteiger partial charge in [-0.15, -0.1) is 0 Å². The van der Waals surface area contributed by atoms with Gasteiger partial charge in [-0.25, -0.2) is 0 Å². The van der Waals surface area contributed by atoms with E-state index < -0.39 is 16.3 Å². The summed E-state index contributed by atoms with van der Waals surface area (Å²) in [5.74, 6) is -0.359. The van der Waals surface area contributed by atoms with Crippen LogP contribution in [0.1, 0.15) is 6.42 Å². The number of ether oxygens (including phenoxy) is 1. The van der Waals surface area contributed by atoms with Crippen molar-refractivity contribution in [3.05, 3.63) is 0 Å². The summed E-state index contributed by atoms with van der Waals surface area (Å²) >= 11 is 0. The van der Waals surface area contributed by atoms with Crippen molar-refractivity contribution in [1.82, 2.24) is 0 Å². The average molecular weight is 169 g/mol. The molecule has 0 spiro atoms. The predicted molar refractivity (Wildman–Crippen MR) is 36.0 cm³/mol. The van der Waals surface area contributed by atoms with Gasteiger partial charge in [0.25, 0.3) is 10.1 Å². The van der Waals surface area contributed by atoms with E-state index in [-0.39, 0.29) is 12.2 Å². The first-order chi connectivity index (χ1) is 4.45. The molecule has 0 aliphatic heterocycles. The molecule has 0 saturated heterocycles. The second-order valence-electron chi connectivity index (χ2n) is 1.85. The number of methoxy groups -OCH3 is 1. The van der Waals surface area contributed by atoms with E-state index >= 15 is 0 Å². The van der Waals surface area contributed by atoms with Gasteiger partial charge in [0, 0.05) is 13.5 Å². The van der Waals surface area contributed by atoms with E-state index in [1.54, 1.807) is 0 Å². The highest BCUT2D eigenvalue weighted by Crippen LogP contribution is 1.92. The van der Waals surface area contributed by atoms with Gasteiger partial charge in [-0.1, -0.05) is 0 Å². The number of rotatable bonds is 4. The lowest BCUT2D eigenvalue weighted by Gasteiger charge is -2.06. The summed E-state index contributed by atoms with van der Waals surface area (Å²) in [5.41, 5.74) is 5.18. The Morgan fingerprint density at radius 3 is 2.50 bits per heavy atom. The van der Waals surface area contributed by atoms with Crippen molar-refractivity contribution >= 4 is 10.1 Å². The summed E-state index contributed by atoms with van der Waals surface area (Å²) < 4.78 is 33.0. The molecule has 0 saturated carbocycles. The Morgan fingerprint density at radius 2 is 2.20 bits per heavy atom. The lowest BCUT2D eigenvalue weighted by Crippen LogP contribution is -2.25. The van der Waals surface area contributed by atoms with Crippen molar-refractivity contribution in [2.45, 2.75) is 12.6 Å². The van der Waals surface area contributed by atoms with Crippen LogP contribution >= 0.6 is 0 Å². The lowest BCUT2D eigenvalue weighted by atomic mass is 10.4. The van der Waals surface area contributed by atoms with Crippen LogP contribution < -0.4 is 5.73 Å². The first-order valence-corrected chi connectivity index (χ1v) is 4.30. The molecule has 0 bridgehead atoms. The summed E-state index contributed by atoms with van der Waals surface area (Å²) in [6, 6.07) is 0. The molecule has 10 heavy (non-hydrogen) atoms. The third-order valence-electron chi connectivity index (χ3n) is 0.963. The third-order valence-corrected chi connectivity index (χ3v) is 1.71. The average Bonchev–Trinajstić information content (AvgIpc) is 1.81. The molecule has 3 N–H and O–H groups in total. The van der Waals surface area contributed by atoms with Gasteiger partial charge in [-0.05, 0) is 0 Å². The molecule has 0 heterocycles. The SMILES string of the molecule is COC(N)CCS(=O)(=O)O. The summed E-state index contributed by atoms with van der Waals surface area (Å²) in [5, 5.41) is 0. The van der Waals surface area contributed by atoms with Gasteiger partial charge in [-0.2, -0.15) is 8.42 Å². The summed E-state index contributed by atoms with van der Waals surface area (Å²) in [7, 11) is -2.52. The van der Waals surface area contributed by atoms with Gasteiger partial charge < -0.3 is 10.5 Å². The third kappa shape index (κ3) is 5.96. The number of nitrogens with two attached hydrogens (primary N) is 1. The maximum atomic E-state index is 10.1. The number of hydrogen-bond donors (Lipinski definition) is 2. The van der Waals surface area contributed by atoms with Crippen molar-refractivity contribution in [2.75, 3.05) is 12.9 Å². The highest BCUT2D eigenvalue weighted by Gasteiger charge is 2.07. The molecular formula is C4H11NO4S. The normalized spacial score (nSPS) is 15.1. The van der Waals surface area contributed by atoms with Crippen molar-refractivity contribution in [3.63, 3.8) is 0 Å². The van der Waals surface area contributed by atoms with Crippen LogP contribution in [0.25, 0.3) is 0 Å². The lowest BCUT2D eigenvalue weighted by molar-refractivity contribution is 0.105. The quantitative estimate of drug-likeness (QED) is 0.424. The topological polar surface area (TPSA) is 89.6 Å². The highest BCUT2D eigenvalue weighted by molar-refractivity contribution is 7.85. The van der Waals surface area contributed by atoms with Gasteiger partial charge in [0.2, 0.25) is 0 Å². The standard InChI is InChI=1S/C4H11NO4S/c1-9-4(5)2-3-10(6,7)8/h4H,2-3,5H2,1H3,(H,6,7,8). The van der Waals surface area contributed by atoms with E-state index in [4.69, 9.17) is 10.3 Å². The first kappa shape index (κ1) is 9.83. The molecule has 0 aromatic carbocycles. The highest BCUT2D eigenvalue weighted by atomic mass is 32.2. The van der Waals surface area contributed by atoms with E-state index in [1.165, 1.54) is 7.11 Å². The fourth-order valence-electron chi connectivity index (χ4n) is 0.383. The molecule has 0 aromatic rings. The second-order valence-corrected chi connectivity index (χ2v) is 3.42. The molecule has 0 amide bonds. The van der Waals surface area contributed by atoms with E-state index in [0.29, 0.717) is 0 Å². The van der Waals surface area contributed by atoms with E-state index in [0.717, 1.165) is 0 Å². The van der Waals surface area contributed by atoms with Crippen molar-refractivity contribution in [1.29, 1.82) is 0 Å². The van der Waals surface area contributed by atoms with E-state index in [1.807, 2.05) is 0 Å². The van der Waals surface area contributed by atoms with Crippen LogP contribution in [-0.4, -0.2) is 32.1 Å². The Kier molecular flexibility index (Phi) is 3.80. The Labute approximate surface area is 59.9 Å². The van der Waals surface area contributed by atoms with Crippen LogP contribution in [0.2, 0.25) is 0 Å². The van der Waals surface area contributed by atoms with Gasteiger partial charge >= 0.3 is 0 Å². The van der Waals surface area contributed by atoms with Crippen LogP contribution in [0.5, 0.6) is 0 Å². The zero-order valence-electron chi connectivity index (χ0n) is 5.65. The van der Waals surface area contributed by atoms with Crippen LogP contribution in [0.15, 0.2) is 0 Å². The second kappa shape index (κ2) is 3.87. The van der Waals surface area contributed by atoms with E-state index in [9.17, 15) is 8.42 Å². The van der Waals surface area contributed by atoms with Gasteiger partial charge in [0.1, 0.15) is 6.23 Å². The summed E-state index contributed by atoms with van der Waals surface area (Å²) in [6.45, 7) is 0. The molecule has 0 radical (unpaired) electrons. The molecule has 1 atom stereocenters. The minimum absolute atomic E-state index is 0.106. The Bertz CT molecular complexity index is 176. The maximum absolute atomic E-state index is 10.1. The minimum atomic E-state index is -3.89. The molecule has 6 heteroatoms. The maximum Gasteiger partial charge on any atom is 0.265 e. The smallest absolute Gasteiger partial charge is 0.265 e. The van der Waals surface area contributed by atoms with Crippen LogP contribution in [0.4, 0.5) is 0 Å². The number of hydrogen-bond acceptors (Lipinski definition) is 4. The zero-order valence-corrected chi connectivity index (χ0v) is 6.47. The Balaban J connectivity index is 3.56. The molecule has 0 aromatic heterocycles. The molecule has 1 unspecified atom stereocenters. The fourth-order valence-corrected chi connectivity index (χ4v) is 0.913. The van der Waals surface area contributed by atoms with Crippen molar-refractivity contribution in [2.24, 2.45) is 5.73 Å². The van der Waals surface area contributed by atoms with E-state index in [2.05, 4.69) is 4.74 Å². The predicted octanol–water partition coefficient (Wildman–Crippen LogP) is -0.804. The first-order valence-electron chi connectivity index (χ1n) is 2.69. The molecule has 0 aliphatic rings. The molecule has 62 valence electrons. The molecule has 0 fully saturated rings. The molecular weight excluding hydrogens is 158 g/mol. The minimum Gasteiger partial charge on any atom is -0.367 e. The monoisotopic (exact) mass is 169 g/mol. The summed E-state index contributed by atoms with van der Waals surface area (Å²) in [6.07, 6.45) is -0.517. The van der Waals surface area contributed by atoms with Crippen LogP contribution in [0.3, 0.4) is 0 Å². The van der Waals surface area contributed by atoms with Crippen LogP contribution in [0, 0.1) is 0 Å². The summed E-state index contributed by atoms with van der Waals surface area (Å²) in [4.78, 5) is 0. The largest absolute Gasteiger partial charge is 0.367 e. The molecule has 0 rings (SSSR count).